The number of hydrogen-bond donors (Lipinski definition) is 1. The van der Waals surface area contributed by atoms with Crippen molar-refractivity contribution >= 4 is 27.2 Å². The molecule has 0 aliphatic heterocycles. The third-order valence-corrected chi connectivity index (χ3v) is 5.40. The highest BCUT2D eigenvalue weighted by Crippen LogP contribution is 2.24. The second-order valence-corrected chi connectivity index (χ2v) is 7.57. The van der Waals surface area contributed by atoms with Gasteiger partial charge in [0.2, 0.25) is 5.78 Å². The van der Waals surface area contributed by atoms with Gasteiger partial charge >= 0.3 is 0 Å². The molecule has 0 fully saturated rings. The van der Waals surface area contributed by atoms with Crippen molar-refractivity contribution in [2.75, 3.05) is 4.72 Å². The molecule has 0 bridgehead atoms. The summed E-state index contributed by atoms with van der Waals surface area (Å²) < 4.78 is 29.4. The minimum atomic E-state index is -3.89. The van der Waals surface area contributed by atoms with Gasteiger partial charge in [0.05, 0.1) is 15.5 Å². The van der Waals surface area contributed by atoms with E-state index in [1.165, 1.54) is 12.1 Å². The highest BCUT2D eigenvalue weighted by Gasteiger charge is 2.16. The second-order valence-electron chi connectivity index (χ2n) is 5.89. The Morgan fingerprint density at radius 2 is 1.86 bits per heavy atom. The molecule has 0 aliphatic carbocycles. The van der Waals surface area contributed by atoms with Crippen molar-refractivity contribution in [2.45, 2.75) is 4.90 Å². The molecular formula is C18H13N5O4S. The van der Waals surface area contributed by atoms with Crippen LogP contribution in [0.4, 0.5) is 11.4 Å². The van der Waals surface area contributed by atoms with Gasteiger partial charge in [0.25, 0.3) is 15.7 Å². The molecule has 0 amide bonds. The number of benzene rings is 2. The maximum absolute atomic E-state index is 12.6. The average molecular weight is 395 g/mol. The molecule has 1 N–H and O–H groups in total. The molecule has 10 heteroatoms. The zero-order valence-corrected chi connectivity index (χ0v) is 15.1. The number of nitro benzene ring substituents is 1. The molecule has 2 aromatic carbocycles. The smallest absolute Gasteiger partial charge is 0.269 e. The molecule has 0 saturated heterocycles. The third-order valence-electron chi connectivity index (χ3n) is 4.00. The molecule has 2 aromatic heterocycles. The van der Waals surface area contributed by atoms with Crippen molar-refractivity contribution in [2.24, 2.45) is 0 Å². The van der Waals surface area contributed by atoms with E-state index in [0.29, 0.717) is 17.2 Å². The summed E-state index contributed by atoms with van der Waals surface area (Å²) in [7, 11) is -3.89. The van der Waals surface area contributed by atoms with Gasteiger partial charge in [-0.2, -0.15) is 0 Å². The first kappa shape index (κ1) is 17.6. The number of sulfonamides is 1. The van der Waals surface area contributed by atoms with Crippen LogP contribution >= 0.6 is 0 Å². The number of rotatable bonds is 5. The van der Waals surface area contributed by atoms with E-state index >= 15 is 0 Å². The topological polar surface area (TPSA) is 120 Å². The highest BCUT2D eigenvalue weighted by molar-refractivity contribution is 7.92. The van der Waals surface area contributed by atoms with E-state index in [2.05, 4.69) is 14.7 Å². The molecule has 0 spiro atoms. The Balaban J connectivity index is 1.63. The van der Waals surface area contributed by atoms with Gasteiger partial charge in [-0.3, -0.25) is 19.2 Å². The molecule has 0 saturated carbocycles. The summed E-state index contributed by atoms with van der Waals surface area (Å²) in [5.41, 5.74) is 1.53. The SMILES string of the molecule is O=[N+]([O-])c1ccc(S(=O)(=O)Nc2cccc(-c3cn4cccnc4n3)c2)cc1. The van der Waals surface area contributed by atoms with Crippen molar-refractivity contribution in [1.29, 1.82) is 0 Å². The predicted molar refractivity (Wildman–Crippen MR) is 102 cm³/mol. The molecular weight excluding hydrogens is 382 g/mol. The van der Waals surface area contributed by atoms with Crippen molar-refractivity contribution in [1.82, 2.24) is 14.4 Å². The lowest BCUT2D eigenvalue weighted by molar-refractivity contribution is -0.384. The summed E-state index contributed by atoms with van der Waals surface area (Å²) in [5, 5.41) is 10.7. The molecule has 0 aliphatic rings. The normalized spacial score (nSPS) is 11.4. The fourth-order valence-corrected chi connectivity index (χ4v) is 3.72. The summed E-state index contributed by atoms with van der Waals surface area (Å²) in [5.74, 6) is 0.536. The lowest BCUT2D eigenvalue weighted by Crippen LogP contribution is -2.12. The van der Waals surface area contributed by atoms with E-state index in [0.717, 1.165) is 17.7 Å². The number of imidazole rings is 1. The first-order valence-electron chi connectivity index (χ1n) is 8.10. The van der Waals surface area contributed by atoms with Gasteiger partial charge in [0, 0.05) is 42.0 Å². The van der Waals surface area contributed by atoms with Crippen LogP contribution in [0.15, 0.2) is 78.1 Å². The second kappa shape index (κ2) is 6.74. The molecule has 2 heterocycles. The minimum absolute atomic E-state index is 0.0690. The maximum Gasteiger partial charge on any atom is 0.269 e. The van der Waals surface area contributed by atoms with Crippen molar-refractivity contribution < 1.29 is 13.3 Å². The molecule has 0 radical (unpaired) electrons. The lowest BCUT2D eigenvalue weighted by atomic mass is 10.1. The van der Waals surface area contributed by atoms with Crippen molar-refractivity contribution in [3.63, 3.8) is 0 Å². The van der Waals surface area contributed by atoms with Crippen LogP contribution in [0.3, 0.4) is 0 Å². The Morgan fingerprint density at radius 1 is 1.07 bits per heavy atom. The lowest BCUT2D eigenvalue weighted by Gasteiger charge is -2.09. The van der Waals surface area contributed by atoms with Gasteiger partial charge in [-0.15, -0.1) is 0 Å². The molecule has 4 rings (SSSR count). The molecule has 0 unspecified atom stereocenters. The summed E-state index contributed by atoms with van der Waals surface area (Å²) in [6.07, 6.45) is 5.26. The number of nitrogens with one attached hydrogen (secondary N) is 1. The van der Waals surface area contributed by atoms with Crippen LogP contribution in [0.2, 0.25) is 0 Å². The molecule has 28 heavy (non-hydrogen) atoms. The standard InChI is InChI=1S/C18H13N5O4S/c24-23(25)15-5-7-16(8-6-15)28(26,27)21-14-4-1-3-13(11-14)17-12-22-10-2-9-19-18(22)20-17/h1-12,21H. The number of nitrogens with zero attached hydrogens (tertiary/aromatic N) is 4. The van der Waals surface area contributed by atoms with Crippen molar-refractivity contribution in [3.8, 4) is 11.3 Å². The predicted octanol–water partition coefficient (Wildman–Crippen LogP) is 3.11. The number of anilines is 1. The third kappa shape index (κ3) is 3.40. The van der Waals surface area contributed by atoms with Gasteiger partial charge in [-0.05, 0) is 30.3 Å². The van der Waals surface area contributed by atoms with Crippen LogP contribution in [-0.4, -0.2) is 27.7 Å². The summed E-state index contributed by atoms with van der Waals surface area (Å²) >= 11 is 0. The quantitative estimate of drug-likeness (QED) is 0.410. The number of non-ortho nitro benzene ring substituents is 1. The largest absolute Gasteiger partial charge is 0.291 e. The van der Waals surface area contributed by atoms with Crippen molar-refractivity contribution in [3.05, 3.63) is 83.3 Å². The average Bonchev–Trinajstić information content (AvgIpc) is 3.12. The molecule has 0 atom stereocenters. The molecule has 140 valence electrons. The van der Waals surface area contributed by atoms with Crippen LogP contribution in [0.25, 0.3) is 17.0 Å². The maximum atomic E-state index is 12.6. The van der Waals surface area contributed by atoms with Gasteiger partial charge < -0.3 is 0 Å². The van der Waals surface area contributed by atoms with E-state index < -0.39 is 14.9 Å². The minimum Gasteiger partial charge on any atom is -0.291 e. The Morgan fingerprint density at radius 3 is 2.57 bits per heavy atom. The molecule has 4 aromatic rings. The van der Waals surface area contributed by atoms with Crippen LogP contribution in [0, 0.1) is 10.1 Å². The zero-order valence-electron chi connectivity index (χ0n) is 14.3. The summed E-state index contributed by atoms with van der Waals surface area (Å²) in [6.45, 7) is 0. The Bertz CT molecular complexity index is 1250. The molecule has 9 nitrogen and oxygen atoms in total. The Hall–Kier alpha value is -3.79. The first-order chi connectivity index (χ1) is 13.4. The summed E-state index contributed by atoms with van der Waals surface area (Å²) in [4.78, 5) is 18.6. The first-order valence-corrected chi connectivity index (χ1v) is 9.58. The number of aromatic nitrogens is 3. The monoisotopic (exact) mass is 395 g/mol. The highest BCUT2D eigenvalue weighted by atomic mass is 32.2. The van der Waals surface area contributed by atoms with Gasteiger partial charge in [0.15, 0.2) is 0 Å². The van der Waals surface area contributed by atoms with Gasteiger partial charge in [-0.25, -0.2) is 18.4 Å². The van der Waals surface area contributed by atoms with Gasteiger partial charge in [-0.1, -0.05) is 12.1 Å². The summed E-state index contributed by atoms with van der Waals surface area (Å²) in [6, 6.07) is 13.3. The number of fused-ring (bicyclic) bond motifs is 1. The fraction of sp³-hybridized carbons (Fsp3) is 0. The van der Waals surface area contributed by atoms with E-state index in [4.69, 9.17) is 0 Å². The van der Waals surface area contributed by atoms with E-state index in [-0.39, 0.29) is 10.6 Å². The van der Waals surface area contributed by atoms with E-state index in [1.54, 1.807) is 41.1 Å². The van der Waals surface area contributed by atoms with Crippen LogP contribution in [0.5, 0.6) is 0 Å². The van der Waals surface area contributed by atoms with E-state index in [1.807, 2.05) is 12.3 Å². The van der Waals surface area contributed by atoms with Crippen LogP contribution in [0.1, 0.15) is 0 Å². The Kier molecular flexibility index (Phi) is 4.24. The fourth-order valence-electron chi connectivity index (χ4n) is 2.67. The number of hydrogen-bond acceptors (Lipinski definition) is 6. The number of nitro groups is 1. The van der Waals surface area contributed by atoms with E-state index in [9.17, 15) is 18.5 Å². The van der Waals surface area contributed by atoms with Crippen LogP contribution in [-0.2, 0) is 10.0 Å². The zero-order chi connectivity index (χ0) is 19.7. The van der Waals surface area contributed by atoms with Gasteiger partial charge in [0.1, 0.15) is 0 Å². The van der Waals surface area contributed by atoms with Crippen LogP contribution < -0.4 is 4.72 Å². The Labute approximate surface area is 159 Å².